The second-order valence-corrected chi connectivity index (χ2v) is 8.25. The molecule has 0 aliphatic heterocycles. The van der Waals surface area contributed by atoms with Crippen LogP contribution in [0.2, 0.25) is 5.02 Å². The number of benzene rings is 2. The van der Waals surface area contributed by atoms with E-state index >= 15 is 0 Å². The number of carbonyl (C=O) groups excluding carboxylic acids is 2. The van der Waals surface area contributed by atoms with Crippen molar-refractivity contribution in [2.45, 2.75) is 46.7 Å². The smallest absolute Gasteiger partial charge is 0.261 e. The molecule has 2 aromatic rings. The average Bonchev–Trinajstić information content (AvgIpc) is 2.71. The van der Waals surface area contributed by atoms with Gasteiger partial charge in [-0.1, -0.05) is 68.3 Å². The largest absolute Gasteiger partial charge is 0.484 e. The van der Waals surface area contributed by atoms with Crippen LogP contribution < -0.4 is 10.1 Å². The fourth-order valence-electron chi connectivity index (χ4n) is 3.02. The Labute approximate surface area is 184 Å². The predicted octanol–water partition coefficient (Wildman–Crippen LogP) is 4.61. The van der Waals surface area contributed by atoms with Crippen molar-refractivity contribution in [1.29, 1.82) is 0 Å². The molecule has 0 unspecified atom stereocenters. The molecule has 2 amide bonds. The molecular weight excluding hydrogens is 400 g/mol. The van der Waals surface area contributed by atoms with Gasteiger partial charge in [0.1, 0.15) is 11.8 Å². The van der Waals surface area contributed by atoms with Gasteiger partial charge in [0.05, 0.1) is 0 Å². The van der Waals surface area contributed by atoms with Crippen LogP contribution in [-0.4, -0.2) is 35.9 Å². The van der Waals surface area contributed by atoms with Crippen molar-refractivity contribution in [1.82, 2.24) is 10.2 Å². The molecule has 0 spiro atoms. The number of halogens is 1. The second kappa shape index (κ2) is 11.6. The van der Waals surface area contributed by atoms with E-state index in [2.05, 4.69) is 5.32 Å². The van der Waals surface area contributed by atoms with E-state index < -0.39 is 6.04 Å². The lowest BCUT2D eigenvalue weighted by Crippen LogP contribution is -2.50. The molecule has 1 N–H and O–H groups in total. The van der Waals surface area contributed by atoms with E-state index in [4.69, 9.17) is 16.3 Å². The molecule has 0 radical (unpaired) electrons. The van der Waals surface area contributed by atoms with Gasteiger partial charge in [-0.3, -0.25) is 9.59 Å². The lowest BCUT2D eigenvalue weighted by atomic mass is 10.1. The fourth-order valence-corrected chi connectivity index (χ4v) is 3.20. The number of ether oxygens (including phenoxy) is 1. The topological polar surface area (TPSA) is 58.6 Å². The Kier molecular flexibility index (Phi) is 9.18. The standard InChI is InChI=1S/C24H31ClN2O3/c1-5-22(24(29)26-14-17(2)3)27(15-19-11-9-18(4)10-12-19)23(28)16-30-21-8-6-7-20(25)13-21/h6-13,17,22H,5,14-16H2,1-4H3,(H,26,29)/t22-/m0/s1. The fraction of sp³-hybridized carbons (Fsp3) is 0.417. The average molecular weight is 431 g/mol. The Morgan fingerprint density at radius 2 is 1.83 bits per heavy atom. The van der Waals surface area contributed by atoms with Crippen LogP contribution in [0.25, 0.3) is 0 Å². The number of rotatable bonds is 10. The number of hydrogen-bond acceptors (Lipinski definition) is 3. The molecule has 2 rings (SSSR count). The van der Waals surface area contributed by atoms with E-state index in [0.717, 1.165) is 11.1 Å². The zero-order chi connectivity index (χ0) is 22.1. The normalized spacial score (nSPS) is 11.8. The highest BCUT2D eigenvalue weighted by atomic mass is 35.5. The molecule has 0 saturated carbocycles. The molecule has 1 atom stereocenters. The first-order valence-electron chi connectivity index (χ1n) is 10.3. The molecular formula is C24H31ClN2O3. The number of hydrogen-bond donors (Lipinski definition) is 1. The van der Waals surface area contributed by atoms with Gasteiger partial charge in [0.2, 0.25) is 5.91 Å². The van der Waals surface area contributed by atoms with Crippen LogP contribution in [0.4, 0.5) is 0 Å². The molecule has 0 aromatic heterocycles. The van der Waals surface area contributed by atoms with Crippen molar-refractivity contribution >= 4 is 23.4 Å². The van der Waals surface area contributed by atoms with Crippen molar-refractivity contribution in [2.75, 3.05) is 13.2 Å². The predicted molar refractivity (Wildman–Crippen MR) is 121 cm³/mol. The van der Waals surface area contributed by atoms with E-state index in [1.807, 2.05) is 52.0 Å². The molecule has 2 aromatic carbocycles. The molecule has 0 saturated heterocycles. The highest BCUT2D eigenvalue weighted by molar-refractivity contribution is 6.30. The summed E-state index contributed by atoms with van der Waals surface area (Å²) < 4.78 is 5.65. The van der Waals surface area contributed by atoms with Gasteiger partial charge in [0.15, 0.2) is 6.61 Å². The van der Waals surface area contributed by atoms with E-state index in [1.54, 1.807) is 29.2 Å². The highest BCUT2D eigenvalue weighted by Crippen LogP contribution is 2.18. The molecule has 0 heterocycles. The third-order valence-electron chi connectivity index (χ3n) is 4.70. The Hall–Kier alpha value is -2.53. The van der Waals surface area contributed by atoms with Gasteiger partial charge in [-0.05, 0) is 43.0 Å². The molecule has 0 aliphatic rings. The summed E-state index contributed by atoms with van der Waals surface area (Å²) in [4.78, 5) is 27.5. The monoisotopic (exact) mass is 430 g/mol. The van der Waals surface area contributed by atoms with Gasteiger partial charge in [0, 0.05) is 18.1 Å². The van der Waals surface area contributed by atoms with Crippen molar-refractivity contribution in [2.24, 2.45) is 5.92 Å². The van der Waals surface area contributed by atoms with Crippen LogP contribution >= 0.6 is 11.6 Å². The van der Waals surface area contributed by atoms with Gasteiger partial charge >= 0.3 is 0 Å². The Balaban J connectivity index is 2.18. The molecule has 30 heavy (non-hydrogen) atoms. The molecule has 0 fully saturated rings. The van der Waals surface area contributed by atoms with Gasteiger partial charge in [-0.15, -0.1) is 0 Å². The van der Waals surface area contributed by atoms with Gasteiger partial charge in [-0.2, -0.15) is 0 Å². The summed E-state index contributed by atoms with van der Waals surface area (Å²) in [5.41, 5.74) is 2.11. The van der Waals surface area contributed by atoms with E-state index in [9.17, 15) is 9.59 Å². The quantitative estimate of drug-likeness (QED) is 0.598. The van der Waals surface area contributed by atoms with Crippen LogP contribution in [0.1, 0.15) is 38.3 Å². The number of carbonyl (C=O) groups is 2. The van der Waals surface area contributed by atoms with Crippen LogP contribution in [0.15, 0.2) is 48.5 Å². The number of aryl methyl sites for hydroxylation is 1. The second-order valence-electron chi connectivity index (χ2n) is 7.82. The van der Waals surface area contributed by atoms with E-state index in [0.29, 0.717) is 36.2 Å². The van der Waals surface area contributed by atoms with Crippen LogP contribution in [0, 0.1) is 12.8 Å². The third kappa shape index (κ3) is 7.38. The summed E-state index contributed by atoms with van der Waals surface area (Å²) in [6.07, 6.45) is 0.513. The van der Waals surface area contributed by atoms with Gasteiger partial charge < -0.3 is 15.0 Å². The van der Waals surface area contributed by atoms with E-state index in [1.165, 1.54) is 0 Å². The summed E-state index contributed by atoms with van der Waals surface area (Å²) in [6, 6.07) is 14.3. The molecule has 0 aliphatic carbocycles. The maximum atomic E-state index is 13.1. The SMILES string of the molecule is CC[C@@H](C(=O)NCC(C)C)N(Cc1ccc(C)cc1)C(=O)COc1cccc(Cl)c1. The van der Waals surface area contributed by atoms with Gasteiger partial charge in [-0.25, -0.2) is 0 Å². The minimum Gasteiger partial charge on any atom is -0.484 e. The minimum atomic E-state index is -0.569. The summed E-state index contributed by atoms with van der Waals surface area (Å²) in [5.74, 6) is 0.457. The zero-order valence-electron chi connectivity index (χ0n) is 18.2. The summed E-state index contributed by atoms with van der Waals surface area (Å²) in [5, 5.41) is 3.49. The number of nitrogens with one attached hydrogen (secondary N) is 1. The molecule has 5 nitrogen and oxygen atoms in total. The molecule has 0 bridgehead atoms. The lowest BCUT2D eigenvalue weighted by Gasteiger charge is -2.31. The first kappa shape index (κ1) is 23.7. The Bertz CT molecular complexity index is 837. The number of amides is 2. The Morgan fingerprint density at radius 1 is 1.13 bits per heavy atom. The maximum Gasteiger partial charge on any atom is 0.261 e. The van der Waals surface area contributed by atoms with Crippen LogP contribution in [0.3, 0.4) is 0 Å². The van der Waals surface area contributed by atoms with Gasteiger partial charge in [0.25, 0.3) is 5.91 Å². The minimum absolute atomic E-state index is 0.144. The highest BCUT2D eigenvalue weighted by Gasteiger charge is 2.29. The molecule has 6 heteroatoms. The van der Waals surface area contributed by atoms with Crippen molar-refractivity contribution in [3.05, 3.63) is 64.7 Å². The zero-order valence-corrected chi connectivity index (χ0v) is 18.9. The van der Waals surface area contributed by atoms with Crippen molar-refractivity contribution < 1.29 is 14.3 Å². The third-order valence-corrected chi connectivity index (χ3v) is 4.94. The van der Waals surface area contributed by atoms with Crippen molar-refractivity contribution in [3.63, 3.8) is 0 Å². The van der Waals surface area contributed by atoms with Crippen LogP contribution in [0.5, 0.6) is 5.75 Å². The van der Waals surface area contributed by atoms with E-state index in [-0.39, 0.29) is 18.4 Å². The summed E-state index contributed by atoms with van der Waals surface area (Å²) in [7, 11) is 0. The van der Waals surface area contributed by atoms with Crippen LogP contribution in [-0.2, 0) is 16.1 Å². The first-order valence-corrected chi connectivity index (χ1v) is 10.7. The maximum absolute atomic E-state index is 13.1. The number of nitrogens with zero attached hydrogens (tertiary/aromatic N) is 1. The summed E-state index contributed by atoms with van der Waals surface area (Å²) >= 11 is 5.99. The first-order chi connectivity index (χ1) is 14.3. The molecule has 162 valence electrons. The van der Waals surface area contributed by atoms with Crippen molar-refractivity contribution in [3.8, 4) is 5.75 Å². The Morgan fingerprint density at radius 3 is 2.43 bits per heavy atom. The summed E-state index contributed by atoms with van der Waals surface area (Å²) in [6.45, 7) is 8.74. The lowest BCUT2D eigenvalue weighted by molar-refractivity contribution is -0.143.